The van der Waals surface area contributed by atoms with Gasteiger partial charge in [-0.05, 0) is 73.6 Å². The number of primary amides is 2. The van der Waals surface area contributed by atoms with Gasteiger partial charge in [0.05, 0.1) is 25.0 Å². The van der Waals surface area contributed by atoms with E-state index in [-0.39, 0.29) is 44.1 Å². The van der Waals surface area contributed by atoms with E-state index < -0.39 is 114 Å². The van der Waals surface area contributed by atoms with Crippen LogP contribution in [0, 0.1) is 17.8 Å². The molecule has 3 aromatic heterocycles. The molecule has 0 saturated heterocycles. The lowest BCUT2D eigenvalue weighted by molar-refractivity contribution is -0.135. The van der Waals surface area contributed by atoms with Gasteiger partial charge >= 0.3 is 0 Å². The van der Waals surface area contributed by atoms with Gasteiger partial charge < -0.3 is 69.0 Å². The minimum atomic E-state index is -1.32. The molecule has 24 heteroatoms. The van der Waals surface area contributed by atoms with Gasteiger partial charge in [-0.2, -0.15) is 0 Å². The lowest BCUT2D eigenvalue weighted by Gasteiger charge is -2.28. The summed E-state index contributed by atoms with van der Waals surface area (Å²) in [5.41, 5.74) is 16.0. The summed E-state index contributed by atoms with van der Waals surface area (Å²) in [6.45, 7) is 12.7. The zero-order valence-corrected chi connectivity index (χ0v) is 46.5. The molecule has 6 rings (SSSR count). The normalized spacial score (nSPS) is 15.9. The van der Waals surface area contributed by atoms with Crippen molar-refractivity contribution in [2.75, 3.05) is 13.1 Å². The molecule has 1 aliphatic rings. The largest absolute Gasteiger partial charge is 0.370 e. The molecule has 24 nitrogen and oxygen atoms in total. The van der Waals surface area contributed by atoms with E-state index in [0.717, 1.165) is 33.1 Å². The number of benzene rings is 2. The summed E-state index contributed by atoms with van der Waals surface area (Å²) in [4.78, 5) is 135. The molecule has 5 aromatic rings. The average Bonchev–Trinajstić information content (AvgIpc) is 4.26. The molecule has 8 atom stereocenters. The van der Waals surface area contributed by atoms with Crippen LogP contribution < -0.4 is 59.3 Å². The van der Waals surface area contributed by atoms with Crippen LogP contribution in [-0.2, 0) is 69.0 Å². The number of aromatic amines is 3. The summed E-state index contributed by atoms with van der Waals surface area (Å²) in [7, 11) is 0. The molecule has 9 amide bonds. The van der Waals surface area contributed by atoms with E-state index in [2.05, 4.69) is 67.8 Å². The number of fused-ring (bicyclic) bond motifs is 4. The summed E-state index contributed by atoms with van der Waals surface area (Å²) >= 11 is 0. The second-order valence-electron chi connectivity index (χ2n) is 21.9. The van der Waals surface area contributed by atoms with E-state index in [0.29, 0.717) is 37.1 Å². The maximum absolute atomic E-state index is 14.3. The van der Waals surface area contributed by atoms with Crippen LogP contribution in [0.1, 0.15) is 96.7 Å². The topological polar surface area (TPSA) is 374 Å². The second kappa shape index (κ2) is 28.7. The lowest BCUT2D eigenvalue weighted by Crippen LogP contribution is -2.60. The van der Waals surface area contributed by atoms with Crippen LogP contribution >= 0.6 is 0 Å². The van der Waals surface area contributed by atoms with Crippen LogP contribution in [0.5, 0.6) is 0 Å². The molecule has 0 bridgehead atoms. The number of aromatic nitrogens is 4. The van der Waals surface area contributed by atoms with Crippen molar-refractivity contribution in [2.24, 2.45) is 29.2 Å². The molecule has 432 valence electrons. The summed E-state index contributed by atoms with van der Waals surface area (Å²) in [5.74, 6) is -6.09. The summed E-state index contributed by atoms with van der Waals surface area (Å²) in [5, 5.41) is 27.3. The first kappa shape index (κ1) is 61.1. The molecule has 0 spiro atoms. The minimum absolute atomic E-state index is 0.0313. The Morgan fingerprint density at radius 3 is 2.00 bits per heavy atom. The molecular weight excluding hydrogens is 1030 g/mol. The number of amides is 9. The number of imidazole rings is 1. The first-order valence-corrected chi connectivity index (χ1v) is 27.3. The van der Waals surface area contributed by atoms with Crippen LogP contribution in [0.3, 0.4) is 0 Å². The van der Waals surface area contributed by atoms with Crippen LogP contribution in [0.2, 0.25) is 0 Å². The Bertz CT molecular complexity index is 2970. The number of carbonyl (C=O) groups is 9. The number of nitrogens with two attached hydrogens (primary N) is 2. The first-order valence-electron chi connectivity index (χ1n) is 27.3. The number of hydrogen-bond donors (Lipinski definition) is 14. The molecular formula is C56H79N15O9. The predicted octanol–water partition coefficient (Wildman–Crippen LogP) is 0.374. The molecule has 3 unspecified atom stereocenters. The van der Waals surface area contributed by atoms with E-state index in [1.807, 2.05) is 76.2 Å². The van der Waals surface area contributed by atoms with Crippen LogP contribution in [0.25, 0.3) is 21.8 Å². The zero-order chi connectivity index (χ0) is 58.2. The number of nitrogens with one attached hydrogen (secondary N) is 12. The van der Waals surface area contributed by atoms with Crippen molar-refractivity contribution >= 4 is 75.0 Å². The third-order valence-corrected chi connectivity index (χ3v) is 14.0. The number of para-hydroxylation sites is 2. The van der Waals surface area contributed by atoms with Crippen molar-refractivity contribution in [3.63, 3.8) is 0 Å². The third kappa shape index (κ3) is 17.4. The molecule has 0 aliphatic carbocycles. The van der Waals surface area contributed by atoms with E-state index in [1.54, 1.807) is 20.0 Å². The minimum Gasteiger partial charge on any atom is -0.370 e. The van der Waals surface area contributed by atoms with Crippen molar-refractivity contribution in [2.45, 2.75) is 148 Å². The second-order valence-corrected chi connectivity index (χ2v) is 21.9. The molecule has 0 saturated carbocycles. The van der Waals surface area contributed by atoms with Crippen LogP contribution in [-0.4, -0.2) is 135 Å². The Morgan fingerprint density at radius 2 is 1.34 bits per heavy atom. The summed E-state index contributed by atoms with van der Waals surface area (Å²) < 4.78 is 0. The van der Waals surface area contributed by atoms with Crippen molar-refractivity contribution < 1.29 is 43.2 Å². The van der Waals surface area contributed by atoms with Gasteiger partial charge in [-0.3, -0.25) is 48.5 Å². The summed E-state index contributed by atoms with van der Waals surface area (Å²) in [6.07, 6.45) is 5.59. The smallest absolute Gasteiger partial charge is 0.243 e. The van der Waals surface area contributed by atoms with Gasteiger partial charge in [-0.1, -0.05) is 77.9 Å². The third-order valence-electron chi connectivity index (χ3n) is 14.0. The van der Waals surface area contributed by atoms with Gasteiger partial charge in [-0.25, -0.2) is 4.98 Å². The summed E-state index contributed by atoms with van der Waals surface area (Å²) in [6, 6.07) is 7.15. The first-order chi connectivity index (χ1) is 38.1. The van der Waals surface area contributed by atoms with E-state index in [1.165, 1.54) is 19.4 Å². The highest BCUT2D eigenvalue weighted by molar-refractivity contribution is 5.98. The Labute approximate surface area is 464 Å². The van der Waals surface area contributed by atoms with Crippen LogP contribution in [0.4, 0.5) is 0 Å². The Morgan fingerprint density at radius 1 is 0.675 bits per heavy atom. The van der Waals surface area contributed by atoms with Gasteiger partial charge in [-0.15, -0.1) is 0 Å². The monoisotopic (exact) mass is 1110 g/mol. The van der Waals surface area contributed by atoms with Crippen molar-refractivity contribution in [3.8, 4) is 0 Å². The van der Waals surface area contributed by atoms with E-state index >= 15 is 0 Å². The number of H-pyrrole nitrogens is 3. The van der Waals surface area contributed by atoms with Crippen molar-refractivity contribution in [1.29, 1.82) is 0 Å². The number of nitrogens with zero attached hydrogens (tertiary/aromatic N) is 1. The SMILES string of the molecule is CC(C)CC(CNC(CC(C)C)C(N)=O)NC(=O)[C@H](Cc1cnc[nH]1)NC(=O)CNC(=O)[C@@H](NC(=O)[C@H](C)NC(=O)[C@H](Cc1c[nH]c2ccccc12)NC(=O)[C@H](CCC(N)=O)NC(=O)C1Cc2c([nH]c3ccccc23)CN1)C(C)C. The molecule has 2 aromatic carbocycles. The Hall–Kier alpha value is -8.12. The van der Waals surface area contributed by atoms with E-state index in [9.17, 15) is 43.2 Å². The number of hydrogen-bond acceptors (Lipinski definition) is 12. The van der Waals surface area contributed by atoms with Gasteiger partial charge in [0.1, 0.15) is 30.2 Å². The molecule has 0 radical (unpaired) electrons. The fourth-order valence-electron chi connectivity index (χ4n) is 9.82. The maximum Gasteiger partial charge on any atom is 0.243 e. The van der Waals surface area contributed by atoms with Gasteiger partial charge in [0.25, 0.3) is 0 Å². The predicted molar refractivity (Wildman–Crippen MR) is 300 cm³/mol. The van der Waals surface area contributed by atoms with Gasteiger partial charge in [0.2, 0.25) is 53.2 Å². The van der Waals surface area contributed by atoms with Crippen molar-refractivity contribution in [3.05, 3.63) is 89.8 Å². The fraction of sp³-hybridized carbons (Fsp3) is 0.500. The number of rotatable bonds is 30. The van der Waals surface area contributed by atoms with Crippen LogP contribution in [0.15, 0.2) is 67.3 Å². The molecule has 0 fully saturated rings. The molecule has 80 heavy (non-hydrogen) atoms. The quantitative estimate of drug-likeness (QED) is 0.0297. The Kier molecular flexibility index (Phi) is 21.9. The zero-order valence-electron chi connectivity index (χ0n) is 46.5. The maximum atomic E-state index is 14.3. The van der Waals surface area contributed by atoms with Gasteiger partial charge in [0.15, 0.2) is 0 Å². The molecule has 16 N–H and O–H groups in total. The highest BCUT2D eigenvalue weighted by Crippen LogP contribution is 2.27. The molecule has 1 aliphatic heterocycles. The molecule has 4 heterocycles. The lowest BCUT2D eigenvalue weighted by atomic mass is 9.97. The highest BCUT2D eigenvalue weighted by atomic mass is 16.2. The Balaban J connectivity index is 1.09. The highest BCUT2D eigenvalue weighted by Gasteiger charge is 2.35. The van der Waals surface area contributed by atoms with Gasteiger partial charge in [0, 0.05) is 84.0 Å². The van der Waals surface area contributed by atoms with Crippen molar-refractivity contribution in [1.82, 2.24) is 67.8 Å². The number of carbonyl (C=O) groups excluding carboxylic acids is 9. The standard InChI is InChI=1S/C56H79N15O9/c1-29(2)18-35(25-61-42(50(58)74)19-30(3)4)66-55(79)45(21-34-24-59-28-64-34)68-48(73)27-63-56(80)49(31(5)6)71-51(75)32(7)65-54(78)44(20-33-23-60-39-14-10-8-12-36(33)39)70-52(76)41(16-17-47(57)72)69-53(77)43-22-38-37-13-9-11-15-40(37)67-46(38)26-62-43/h8-15,23-24,28-32,35,41-45,49,60-62,67H,16-22,25-27H2,1-7H3,(H2,57,72)(H2,58,74)(H,59,64)(H,63,80)(H,65,78)(H,66,79)(H,68,73)(H,69,77)(H,70,76)(H,71,75)/t32-,35?,41-,42?,43?,44-,45-,49-/m0/s1. The average molecular weight is 1110 g/mol. The fourth-order valence-corrected chi connectivity index (χ4v) is 9.82. The van der Waals surface area contributed by atoms with E-state index in [4.69, 9.17) is 11.5 Å².